The number of anilines is 1. The number of fused-ring (bicyclic) bond motifs is 1. The van der Waals surface area contributed by atoms with Crippen molar-refractivity contribution in [3.05, 3.63) is 59.5 Å². The van der Waals surface area contributed by atoms with Crippen molar-refractivity contribution in [3.63, 3.8) is 0 Å². The SMILES string of the molecule is Cc1ccc2c(C)nc(NC3=NCN(Cc4cccnc4)CN3)nc2c1. The number of benzene rings is 1. The summed E-state index contributed by atoms with van der Waals surface area (Å²) in [6.45, 7) is 6.18. The summed E-state index contributed by atoms with van der Waals surface area (Å²) >= 11 is 0. The number of aliphatic imine (C=N–C) groups is 1. The fourth-order valence-electron chi connectivity index (χ4n) is 2.96. The Balaban J connectivity index is 1.45. The lowest BCUT2D eigenvalue weighted by atomic mass is 10.1. The zero-order valence-corrected chi connectivity index (χ0v) is 14.9. The fraction of sp³-hybridized carbons (Fsp3) is 0.263. The van der Waals surface area contributed by atoms with Crippen LogP contribution in [0.1, 0.15) is 16.8 Å². The Hall–Kier alpha value is -3.06. The molecule has 0 saturated carbocycles. The van der Waals surface area contributed by atoms with E-state index >= 15 is 0 Å². The molecule has 7 nitrogen and oxygen atoms in total. The van der Waals surface area contributed by atoms with Gasteiger partial charge in [-0.1, -0.05) is 18.2 Å². The average Bonchev–Trinajstić information content (AvgIpc) is 2.64. The number of guanidine groups is 1. The van der Waals surface area contributed by atoms with Gasteiger partial charge in [-0.05, 0) is 37.1 Å². The standard InChI is InChI=1S/C19H21N7/c1-13-5-6-16-14(2)23-19(24-17(16)8-13)25-18-21-11-26(12-22-18)10-15-4-3-7-20-9-15/h3-9H,10-12H2,1-2H3,(H2,21,22,23,24,25). The zero-order chi connectivity index (χ0) is 17.9. The Kier molecular flexibility index (Phi) is 4.45. The van der Waals surface area contributed by atoms with E-state index in [9.17, 15) is 0 Å². The van der Waals surface area contributed by atoms with Crippen LogP contribution in [-0.2, 0) is 6.54 Å². The first kappa shape index (κ1) is 16.4. The van der Waals surface area contributed by atoms with E-state index in [-0.39, 0.29) is 0 Å². The third-order valence-electron chi connectivity index (χ3n) is 4.30. The second-order valence-electron chi connectivity index (χ2n) is 6.45. The predicted octanol–water partition coefficient (Wildman–Crippen LogP) is 2.43. The summed E-state index contributed by atoms with van der Waals surface area (Å²) in [7, 11) is 0. The molecule has 3 aromatic rings. The summed E-state index contributed by atoms with van der Waals surface area (Å²) in [5.74, 6) is 1.26. The van der Waals surface area contributed by atoms with Gasteiger partial charge < -0.3 is 5.32 Å². The first-order valence-electron chi connectivity index (χ1n) is 8.59. The monoisotopic (exact) mass is 347 g/mol. The van der Waals surface area contributed by atoms with Gasteiger partial charge in [-0.25, -0.2) is 15.0 Å². The van der Waals surface area contributed by atoms with Crippen LogP contribution >= 0.6 is 0 Å². The molecule has 0 aliphatic carbocycles. The van der Waals surface area contributed by atoms with Crippen LogP contribution in [0.25, 0.3) is 10.9 Å². The lowest BCUT2D eigenvalue weighted by molar-refractivity contribution is 0.256. The third kappa shape index (κ3) is 3.62. The van der Waals surface area contributed by atoms with Gasteiger partial charge in [-0.2, -0.15) is 0 Å². The smallest absolute Gasteiger partial charge is 0.230 e. The number of hydrogen-bond acceptors (Lipinski definition) is 7. The summed E-state index contributed by atoms with van der Waals surface area (Å²) in [5.41, 5.74) is 4.24. The normalized spacial score (nSPS) is 14.8. The molecule has 3 heterocycles. The van der Waals surface area contributed by atoms with Gasteiger partial charge in [0.05, 0.1) is 24.5 Å². The van der Waals surface area contributed by atoms with E-state index < -0.39 is 0 Å². The summed E-state index contributed by atoms with van der Waals surface area (Å²) in [6.07, 6.45) is 3.66. The molecule has 26 heavy (non-hydrogen) atoms. The number of hydrogen-bond donors (Lipinski definition) is 2. The van der Waals surface area contributed by atoms with Crippen molar-refractivity contribution in [3.8, 4) is 0 Å². The first-order chi connectivity index (χ1) is 12.7. The molecule has 0 saturated heterocycles. The van der Waals surface area contributed by atoms with Gasteiger partial charge in [0.2, 0.25) is 11.9 Å². The lowest BCUT2D eigenvalue weighted by Crippen LogP contribution is -2.45. The first-order valence-corrected chi connectivity index (χ1v) is 8.59. The van der Waals surface area contributed by atoms with Crippen molar-refractivity contribution in [1.82, 2.24) is 25.2 Å². The Morgan fingerprint density at radius 1 is 1.19 bits per heavy atom. The number of nitrogens with one attached hydrogen (secondary N) is 2. The molecule has 0 amide bonds. The minimum atomic E-state index is 0.563. The predicted molar refractivity (Wildman–Crippen MR) is 103 cm³/mol. The van der Waals surface area contributed by atoms with Crippen LogP contribution in [0.2, 0.25) is 0 Å². The van der Waals surface area contributed by atoms with Gasteiger partial charge in [-0.3, -0.25) is 15.2 Å². The molecule has 0 fully saturated rings. The van der Waals surface area contributed by atoms with Crippen molar-refractivity contribution < 1.29 is 0 Å². The summed E-state index contributed by atoms with van der Waals surface area (Å²) in [5, 5.41) is 7.55. The summed E-state index contributed by atoms with van der Waals surface area (Å²) < 4.78 is 0. The van der Waals surface area contributed by atoms with E-state index in [1.54, 1.807) is 6.20 Å². The second-order valence-corrected chi connectivity index (χ2v) is 6.45. The molecule has 4 rings (SSSR count). The molecule has 2 N–H and O–H groups in total. The van der Waals surface area contributed by atoms with Gasteiger partial charge in [-0.15, -0.1) is 0 Å². The highest BCUT2D eigenvalue weighted by Crippen LogP contribution is 2.18. The maximum Gasteiger partial charge on any atom is 0.230 e. The van der Waals surface area contributed by atoms with E-state index in [1.165, 1.54) is 11.1 Å². The number of nitrogens with zero attached hydrogens (tertiary/aromatic N) is 5. The van der Waals surface area contributed by atoms with Gasteiger partial charge >= 0.3 is 0 Å². The highest BCUT2D eigenvalue weighted by molar-refractivity contribution is 5.93. The quantitative estimate of drug-likeness (QED) is 0.758. The molecule has 1 aromatic carbocycles. The average molecular weight is 347 g/mol. The lowest BCUT2D eigenvalue weighted by Gasteiger charge is -2.26. The number of aromatic nitrogens is 3. The molecule has 0 bridgehead atoms. The molecule has 1 aliphatic heterocycles. The van der Waals surface area contributed by atoms with Crippen LogP contribution < -0.4 is 10.6 Å². The van der Waals surface area contributed by atoms with Crippen LogP contribution in [0.3, 0.4) is 0 Å². The van der Waals surface area contributed by atoms with E-state index in [0.29, 0.717) is 25.2 Å². The molecule has 0 spiro atoms. The molecule has 2 aromatic heterocycles. The van der Waals surface area contributed by atoms with E-state index in [1.807, 2.05) is 19.2 Å². The summed E-state index contributed by atoms with van der Waals surface area (Å²) in [6, 6.07) is 10.2. The zero-order valence-electron chi connectivity index (χ0n) is 14.9. The maximum absolute atomic E-state index is 4.61. The molecular formula is C19H21N7. The highest BCUT2D eigenvalue weighted by Gasteiger charge is 2.14. The minimum Gasteiger partial charge on any atom is -0.343 e. The van der Waals surface area contributed by atoms with Crippen LogP contribution in [0.4, 0.5) is 5.95 Å². The van der Waals surface area contributed by atoms with E-state index in [2.05, 4.69) is 66.7 Å². The molecule has 1 aliphatic rings. The van der Waals surface area contributed by atoms with Crippen molar-refractivity contribution in [2.24, 2.45) is 4.99 Å². The number of rotatable bonds is 3. The molecule has 132 valence electrons. The molecule has 7 heteroatoms. The minimum absolute atomic E-state index is 0.563. The van der Waals surface area contributed by atoms with Crippen LogP contribution in [-0.4, -0.2) is 39.1 Å². The van der Waals surface area contributed by atoms with Crippen LogP contribution in [0.15, 0.2) is 47.7 Å². The van der Waals surface area contributed by atoms with Crippen molar-refractivity contribution in [1.29, 1.82) is 0 Å². The molecule has 0 atom stereocenters. The Labute approximate surface area is 152 Å². The van der Waals surface area contributed by atoms with Crippen molar-refractivity contribution >= 4 is 22.8 Å². The largest absolute Gasteiger partial charge is 0.343 e. The van der Waals surface area contributed by atoms with Gasteiger partial charge in [0.15, 0.2) is 0 Å². The molecule has 0 radical (unpaired) electrons. The highest BCUT2D eigenvalue weighted by atomic mass is 15.4. The maximum atomic E-state index is 4.61. The van der Waals surface area contributed by atoms with Gasteiger partial charge in [0.1, 0.15) is 0 Å². The van der Waals surface area contributed by atoms with Gasteiger partial charge in [0.25, 0.3) is 0 Å². The van der Waals surface area contributed by atoms with Crippen LogP contribution in [0.5, 0.6) is 0 Å². The second kappa shape index (κ2) is 7.05. The number of pyridine rings is 1. The molecule has 0 unspecified atom stereocenters. The topological polar surface area (TPSA) is 78.3 Å². The number of aryl methyl sites for hydroxylation is 2. The Morgan fingerprint density at radius 2 is 2.12 bits per heavy atom. The van der Waals surface area contributed by atoms with Crippen molar-refractivity contribution in [2.45, 2.75) is 20.4 Å². The van der Waals surface area contributed by atoms with Crippen molar-refractivity contribution in [2.75, 3.05) is 18.7 Å². The molecular weight excluding hydrogens is 326 g/mol. The third-order valence-corrected chi connectivity index (χ3v) is 4.30. The Bertz CT molecular complexity index is 953. The Morgan fingerprint density at radius 3 is 2.88 bits per heavy atom. The summed E-state index contributed by atoms with van der Waals surface area (Å²) in [4.78, 5) is 20.1. The van der Waals surface area contributed by atoms with E-state index in [0.717, 1.165) is 23.1 Å². The fourth-order valence-corrected chi connectivity index (χ4v) is 2.96. The van der Waals surface area contributed by atoms with Crippen LogP contribution in [0, 0.1) is 13.8 Å². The van der Waals surface area contributed by atoms with Gasteiger partial charge in [0, 0.05) is 24.3 Å². The van der Waals surface area contributed by atoms with E-state index in [4.69, 9.17) is 0 Å².